The molecule has 3 nitrogen and oxygen atoms in total. The lowest BCUT2D eigenvalue weighted by atomic mass is 9.84. The van der Waals surface area contributed by atoms with Gasteiger partial charge in [0.15, 0.2) is 11.5 Å². The van der Waals surface area contributed by atoms with Crippen molar-refractivity contribution in [2.75, 3.05) is 13.7 Å². The highest BCUT2D eigenvalue weighted by molar-refractivity contribution is 9.10. The second-order valence-corrected chi connectivity index (χ2v) is 5.00. The number of hydrogen-bond acceptors (Lipinski definition) is 3. The predicted molar refractivity (Wildman–Crippen MR) is 62.4 cm³/mol. The van der Waals surface area contributed by atoms with Gasteiger partial charge in [-0.2, -0.15) is 4.39 Å². The van der Waals surface area contributed by atoms with E-state index >= 15 is 0 Å². The Bertz CT molecular complexity index is 405. The van der Waals surface area contributed by atoms with E-state index in [0.29, 0.717) is 5.56 Å². The number of rotatable bonds is 3. The lowest BCUT2D eigenvalue weighted by Crippen LogP contribution is -2.23. The summed E-state index contributed by atoms with van der Waals surface area (Å²) < 4.78 is 18.9. The van der Waals surface area contributed by atoms with Crippen molar-refractivity contribution in [3.05, 3.63) is 21.9 Å². The Hall–Kier alpha value is -0.810. The lowest BCUT2D eigenvalue weighted by molar-refractivity contribution is 0.213. The van der Waals surface area contributed by atoms with Crippen molar-refractivity contribution in [1.29, 1.82) is 0 Å². The van der Waals surface area contributed by atoms with Gasteiger partial charge in [-0.25, -0.2) is 0 Å². The summed E-state index contributed by atoms with van der Waals surface area (Å²) in [5.41, 5.74) is -0.151. The molecule has 0 aromatic heterocycles. The van der Waals surface area contributed by atoms with Gasteiger partial charge in [0.1, 0.15) is 0 Å². The molecule has 0 radical (unpaired) electrons. The zero-order chi connectivity index (χ0) is 12.5. The maximum Gasteiger partial charge on any atom is 0.208 e. The van der Waals surface area contributed by atoms with E-state index in [2.05, 4.69) is 15.9 Å². The first kappa shape index (κ1) is 13.3. The van der Waals surface area contributed by atoms with Crippen LogP contribution >= 0.6 is 15.9 Å². The van der Waals surface area contributed by atoms with Crippen LogP contribution in [0.25, 0.3) is 0 Å². The second kappa shape index (κ2) is 4.59. The molecule has 0 spiro atoms. The smallest absolute Gasteiger partial charge is 0.208 e. The highest BCUT2D eigenvalue weighted by Gasteiger charge is 2.28. The van der Waals surface area contributed by atoms with Gasteiger partial charge in [-0.15, -0.1) is 0 Å². The van der Waals surface area contributed by atoms with Crippen molar-refractivity contribution in [3.8, 4) is 11.5 Å². The van der Waals surface area contributed by atoms with Crippen LogP contribution in [0.2, 0.25) is 0 Å². The molecule has 0 saturated carbocycles. The summed E-state index contributed by atoms with van der Waals surface area (Å²) in [6, 6.07) is 1.55. The fraction of sp³-hybridized carbons (Fsp3) is 0.455. The summed E-state index contributed by atoms with van der Waals surface area (Å²) in [5, 5.41) is 18.7. The zero-order valence-electron chi connectivity index (χ0n) is 9.34. The third-order valence-electron chi connectivity index (χ3n) is 2.48. The van der Waals surface area contributed by atoms with Crippen LogP contribution in [0.1, 0.15) is 19.4 Å². The maximum absolute atomic E-state index is 13.7. The van der Waals surface area contributed by atoms with Gasteiger partial charge in [-0.1, -0.05) is 13.8 Å². The van der Waals surface area contributed by atoms with Crippen molar-refractivity contribution >= 4 is 15.9 Å². The molecule has 0 amide bonds. The quantitative estimate of drug-likeness (QED) is 0.900. The summed E-state index contributed by atoms with van der Waals surface area (Å²) in [7, 11) is 1.32. The van der Waals surface area contributed by atoms with Gasteiger partial charge in [0, 0.05) is 11.0 Å². The molecule has 0 fully saturated rings. The largest absolute Gasteiger partial charge is 0.504 e. The standard InChI is InChI=1S/C11H14BrFO3/c1-11(2,5-14)6-4-7(12)9(15)8(13)10(6)16-3/h4,14-15H,5H2,1-3H3. The molecule has 0 bridgehead atoms. The summed E-state index contributed by atoms with van der Waals surface area (Å²) in [4.78, 5) is 0. The molecular weight excluding hydrogens is 279 g/mol. The van der Waals surface area contributed by atoms with E-state index in [1.165, 1.54) is 7.11 Å². The first-order valence-electron chi connectivity index (χ1n) is 4.71. The summed E-state index contributed by atoms with van der Waals surface area (Å²) in [6.45, 7) is 3.36. The fourth-order valence-corrected chi connectivity index (χ4v) is 1.78. The highest BCUT2D eigenvalue weighted by atomic mass is 79.9. The molecule has 0 saturated heterocycles. The first-order valence-corrected chi connectivity index (χ1v) is 5.50. The lowest BCUT2D eigenvalue weighted by Gasteiger charge is -2.25. The van der Waals surface area contributed by atoms with Crippen LogP contribution in [-0.2, 0) is 5.41 Å². The Morgan fingerprint density at radius 2 is 2.06 bits per heavy atom. The van der Waals surface area contributed by atoms with Crippen LogP contribution in [0, 0.1) is 5.82 Å². The van der Waals surface area contributed by atoms with Crippen molar-refractivity contribution in [2.45, 2.75) is 19.3 Å². The number of ether oxygens (including phenoxy) is 1. The Balaban J connectivity index is 3.51. The molecule has 1 aromatic rings. The number of methoxy groups -OCH3 is 1. The van der Waals surface area contributed by atoms with E-state index in [0.717, 1.165) is 0 Å². The SMILES string of the molecule is COc1c(C(C)(C)CO)cc(Br)c(O)c1F. The molecule has 90 valence electrons. The van der Waals surface area contributed by atoms with E-state index in [9.17, 15) is 14.6 Å². The van der Waals surface area contributed by atoms with Crippen LogP contribution in [-0.4, -0.2) is 23.9 Å². The Morgan fingerprint density at radius 3 is 2.50 bits per heavy atom. The fourth-order valence-electron chi connectivity index (χ4n) is 1.38. The topological polar surface area (TPSA) is 49.7 Å². The molecule has 1 aromatic carbocycles. The summed E-state index contributed by atoms with van der Waals surface area (Å²) >= 11 is 3.05. The van der Waals surface area contributed by atoms with Gasteiger partial charge in [-0.05, 0) is 22.0 Å². The molecule has 0 aliphatic carbocycles. The van der Waals surface area contributed by atoms with Gasteiger partial charge >= 0.3 is 0 Å². The Labute approximate surface area is 102 Å². The minimum Gasteiger partial charge on any atom is -0.504 e. The number of aliphatic hydroxyl groups is 1. The molecule has 2 N–H and O–H groups in total. The molecular formula is C11H14BrFO3. The molecule has 0 aliphatic heterocycles. The zero-order valence-corrected chi connectivity index (χ0v) is 10.9. The normalized spacial score (nSPS) is 11.6. The van der Waals surface area contributed by atoms with E-state index < -0.39 is 17.0 Å². The van der Waals surface area contributed by atoms with E-state index in [-0.39, 0.29) is 16.8 Å². The van der Waals surface area contributed by atoms with Crippen molar-refractivity contribution in [2.24, 2.45) is 0 Å². The second-order valence-electron chi connectivity index (χ2n) is 4.14. The van der Waals surface area contributed by atoms with Gasteiger partial charge < -0.3 is 14.9 Å². The van der Waals surface area contributed by atoms with E-state index in [4.69, 9.17) is 4.74 Å². The number of aromatic hydroxyl groups is 1. The molecule has 0 aliphatic rings. The molecule has 0 atom stereocenters. The van der Waals surface area contributed by atoms with E-state index in [1.807, 2.05) is 0 Å². The monoisotopic (exact) mass is 292 g/mol. The Morgan fingerprint density at radius 1 is 1.50 bits per heavy atom. The van der Waals surface area contributed by atoms with Crippen molar-refractivity contribution < 1.29 is 19.3 Å². The average molecular weight is 293 g/mol. The average Bonchev–Trinajstić information content (AvgIpc) is 2.25. The number of halogens is 2. The molecule has 16 heavy (non-hydrogen) atoms. The number of benzene rings is 1. The number of phenolic OH excluding ortho intramolecular Hbond substituents is 1. The van der Waals surface area contributed by atoms with Crippen molar-refractivity contribution in [3.63, 3.8) is 0 Å². The molecule has 5 heteroatoms. The minimum atomic E-state index is -0.826. The first-order chi connectivity index (χ1) is 7.35. The highest BCUT2D eigenvalue weighted by Crippen LogP contribution is 2.41. The van der Waals surface area contributed by atoms with Crippen LogP contribution in [0.5, 0.6) is 11.5 Å². The van der Waals surface area contributed by atoms with Gasteiger partial charge in [0.2, 0.25) is 5.82 Å². The predicted octanol–water partition coefficient (Wildman–Crippen LogP) is 2.57. The third-order valence-corrected chi connectivity index (χ3v) is 3.08. The number of aliphatic hydroxyl groups excluding tert-OH is 1. The van der Waals surface area contributed by atoms with Gasteiger partial charge in [-0.3, -0.25) is 0 Å². The number of phenols is 1. The molecule has 0 heterocycles. The van der Waals surface area contributed by atoms with Crippen LogP contribution in [0.4, 0.5) is 4.39 Å². The van der Waals surface area contributed by atoms with Crippen LogP contribution < -0.4 is 4.74 Å². The molecule has 1 rings (SSSR count). The maximum atomic E-state index is 13.7. The van der Waals surface area contributed by atoms with Crippen LogP contribution in [0.15, 0.2) is 10.5 Å². The number of hydrogen-bond donors (Lipinski definition) is 2. The minimum absolute atomic E-state index is 0.0419. The van der Waals surface area contributed by atoms with Crippen molar-refractivity contribution in [1.82, 2.24) is 0 Å². The third kappa shape index (κ3) is 2.15. The summed E-state index contributed by atoms with van der Waals surface area (Å²) in [5.74, 6) is -1.36. The van der Waals surface area contributed by atoms with E-state index in [1.54, 1.807) is 19.9 Å². The van der Waals surface area contributed by atoms with Gasteiger partial charge in [0.25, 0.3) is 0 Å². The van der Waals surface area contributed by atoms with Gasteiger partial charge in [0.05, 0.1) is 18.2 Å². The van der Waals surface area contributed by atoms with Crippen LogP contribution in [0.3, 0.4) is 0 Å². The summed E-state index contributed by atoms with van der Waals surface area (Å²) in [6.07, 6.45) is 0. The Kier molecular flexibility index (Phi) is 3.80. The molecule has 0 unspecified atom stereocenters.